The third kappa shape index (κ3) is 4.54. The molecule has 3 heterocycles. The third-order valence-electron chi connectivity index (χ3n) is 5.56. The van der Waals surface area contributed by atoms with Gasteiger partial charge in [-0.3, -0.25) is 14.6 Å². The van der Waals surface area contributed by atoms with Gasteiger partial charge >= 0.3 is 0 Å². The quantitative estimate of drug-likeness (QED) is 0.436. The van der Waals surface area contributed by atoms with Crippen LogP contribution in [0.5, 0.6) is 0 Å². The Hall–Kier alpha value is -3.84. The first-order chi connectivity index (χ1) is 16.2. The fraction of sp³-hybridized carbons (Fsp3) is 0.115. The zero-order valence-corrected chi connectivity index (χ0v) is 18.6. The summed E-state index contributed by atoms with van der Waals surface area (Å²) >= 11 is 1.80. The largest absolute Gasteiger partial charge is 0.348 e. The lowest BCUT2D eigenvalue weighted by Gasteiger charge is -2.12. The second kappa shape index (κ2) is 9.34. The summed E-state index contributed by atoms with van der Waals surface area (Å²) in [6.07, 6.45) is 5.64. The van der Waals surface area contributed by atoms with Crippen molar-refractivity contribution in [1.82, 2.24) is 14.9 Å². The number of pyridine rings is 1. The Bertz CT molecular complexity index is 1290. The average Bonchev–Trinajstić information content (AvgIpc) is 3.47. The molecule has 0 saturated carbocycles. The Morgan fingerprint density at radius 1 is 0.970 bits per heavy atom. The Balaban J connectivity index is 1.27. The number of thioether (sulfide) groups is 1. The third-order valence-corrected chi connectivity index (χ3v) is 6.81. The van der Waals surface area contributed by atoms with Crippen molar-refractivity contribution in [2.75, 3.05) is 5.32 Å². The molecule has 2 aromatic heterocycles. The lowest BCUT2D eigenvalue weighted by molar-refractivity contribution is 0.0951. The van der Waals surface area contributed by atoms with Crippen LogP contribution in [0.15, 0.2) is 91.4 Å². The van der Waals surface area contributed by atoms with Crippen LogP contribution >= 0.6 is 11.8 Å². The molecule has 1 aliphatic heterocycles. The van der Waals surface area contributed by atoms with Gasteiger partial charge in [-0.25, -0.2) is 0 Å². The minimum atomic E-state index is -0.239. The predicted molar refractivity (Wildman–Crippen MR) is 130 cm³/mol. The topological polar surface area (TPSA) is 76.0 Å². The molecule has 2 N–H and O–H groups in total. The molecule has 4 aromatic rings. The van der Waals surface area contributed by atoms with E-state index < -0.39 is 0 Å². The van der Waals surface area contributed by atoms with E-state index in [0.29, 0.717) is 17.7 Å². The number of benzene rings is 2. The van der Waals surface area contributed by atoms with Gasteiger partial charge in [-0.15, -0.1) is 11.8 Å². The lowest BCUT2D eigenvalue weighted by atomic mass is 10.1. The molecule has 1 aliphatic rings. The highest BCUT2D eigenvalue weighted by molar-refractivity contribution is 7.99. The normalized spacial score (nSPS) is 14.5. The van der Waals surface area contributed by atoms with Gasteiger partial charge in [0.1, 0.15) is 5.37 Å². The summed E-state index contributed by atoms with van der Waals surface area (Å²) in [7, 11) is 0. The molecular formula is C26H22N4O2S. The van der Waals surface area contributed by atoms with Crippen LogP contribution in [0.25, 0.3) is 0 Å². The van der Waals surface area contributed by atoms with E-state index in [1.165, 1.54) is 0 Å². The molecule has 0 saturated heterocycles. The monoisotopic (exact) mass is 454 g/mol. The molecule has 33 heavy (non-hydrogen) atoms. The van der Waals surface area contributed by atoms with Crippen LogP contribution in [-0.4, -0.2) is 21.4 Å². The van der Waals surface area contributed by atoms with Crippen molar-refractivity contribution in [1.29, 1.82) is 0 Å². The van der Waals surface area contributed by atoms with Crippen LogP contribution in [0.3, 0.4) is 0 Å². The number of aromatic nitrogens is 2. The molecular weight excluding hydrogens is 432 g/mol. The predicted octanol–water partition coefficient (Wildman–Crippen LogP) is 4.86. The van der Waals surface area contributed by atoms with Gasteiger partial charge in [0.05, 0.1) is 11.4 Å². The number of fused-ring (bicyclic) bond motifs is 1. The number of rotatable bonds is 6. The number of anilines is 1. The van der Waals surface area contributed by atoms with E-state index in [1.54, 1.807) is 42.2 Å². The minimum absolute atomic E-state index is 0.149. The van der Waals surface area contributed by atoms with Crippen molar-refractivity contribution >= 4 is 29.3 Å². The van der Waals surface area contributed by atoms with E-state index in [9.17, 15) is 9.59 Å². The molecule has 0 bridgehead atoms. The second-order valence-electron chi connectivity index (χ2n) is 7.74. The number of nitrogens with zero attached hydrogens (tertiary/aromatic N) is 2. The van der Waals surface area contributed by atoms with E-state index in [4.69, 9.17) is 0 Å². The SMILES string of the molecule is O=C(NCc1ccccc1)c1cccc(C(=O)Nc2ccn3c2CSC3c2cccnc2)c1. The fourth-order valence-corrected chi connectivity index (χ4v) is 5.17. The molecule has 0 fully saturated rings. The number of amides is 2. The first kappa shape index (κ1) is 21.0. The summed E-state index contributed by atoms with van der Waals surface area (Å²) in [5.74, 6) is 0.343. The first-order valence-corrected chi connectivity index (χ1v) is 11.7. The lowest BCUT2D eigenvalue weighted by Crippen LogP contribution is -2.23. The number of nitrogens with one attached hydrogen (secondary N) is 2. The smallest absolute Gasteiger partial charge is 0.255 e. The van der Waals surface area contributed by atoms with Crippen molar-refractivity contribution < 1.29 is 9.59 Å². The number of hydrogen-bond acceptors (Lipinski definition) is 4. The molecule has 1 unspecified atom stereocenters. The Morgan fingerprint density at radius 3 is 2.58 bits per heavy atom. The standard InChI is InChI=1S/C26H22N4O2S/c31-24(28-15-18-6-2-1-3-7-18)19-8-4-9-20(14-19)25(32)29-22-11-13-30-23(22)17-33-26(30)21-10-5-12-27-16-21/h1-14,16,26H,15,17H2,(H,28,31)(H,29,32). The van der Waals surface area contributed by atoms with Gasteiger partial charge in [-0.05, 0) is 35.9 Å². The second-order valence-corrected chi connectivity index (χ2v) is 8.80. The Kier molecular flexibility index (Phi) is 5.95. The highest BCUT2D eigenvalue weighted by Crippen LogP contribution is 2.43. The molecule has 0 radical (unpaired) electrons. The highest BCUT2D eigenvalue weighted by Gasteiger charge is 2.27. The maximum absolute atomic E-state index is 12.9. The molecule has 164 valence electrons. The summed E-state index contributed by atoms with van der Waals surface area (Å²) in [5.41, 5.74) is 4.90. The van der Waals surface area contributed by atoms with E-state index >= 15 is 0 Å². The maximum Gasteiger partial charge on any atom is 0.255 e. The zero-order chi connectivity index (χ0) is 22.6. The summed E-state index contributed by atoms with van der Waals surface area (Å²) in [5, 5.41) is 6.06. The van der Waals surface area contributed by atoms with Crippen LogP contribution < -0.4 is 10.6 Å². The Morgan fingerprint density at radius 2 is 1.79 bits per heavy atom. The van der Waals surface area contributed by atoms with Crippen molar-refractivity contribution in [3.63, 3.8) is 0 Å². The van der Waals surface area contributed by atoms with Crippen molar-refractivity contribution in [2.45, 2.75) is 17.7 Å². The molecule has 7 heteroatoms. The maximum atomic E-state index is 12.9. The number of carbonyl (C=O) groups excluding carboxylic acids is 2. The van der Waals surface area contributed by atoms with Gasteiger partial charge in [0.25, 0.3) is 11.8 Å². The Labute approximate surface area is 196 Å². The summed E-state index contributed by atoms with van der Waals surface area (Å²) < 4.78 is 2.17. The molecule has 1 atom stereocenters. The molecule has 5 rings (SSSR count). The van der Waals surface area contributed by atoms with Gasteiger partial charge in [0, 0.05) is 47.6 Å². The van der Waals surface area contributed by atoms with Crippen LogP contribution in [0.1, 0.15) is 42.9 Å². The summed E-state index contributed by atoms with van der Waals surface area (Å²) in [4.78, 5) is 29.7. The first-order valence-electron chi connectivity index (χ1n) is 10.6. The van der Waals surface area contributed by atoms with Crippen LogP contribution in [0, 0.1) is 0 Å². The molecule has 2 amide bonds. The van der Waals surface area contributed by atoms with Crippen molar-refractivity contribution in [3.05, 3.63) is 119 Å². The van der Waals surface area contributed by atoms with Gasteiger partial charge in [-0.2, -0.15) is 0 Å². The summed E-state index contributed by atoms with van der Waals surface area (Å²) in [6.45, 7) is 0.433. The van der Waals surface area contributed by atoms with Crippen molar-refractivity contribution in [2.24, 2.45) is 0 Å². The molecule has 6 nitrogen and oxygen atoms in total. The summed E-state index contributed by atoms with van der Waals surface area (Å²) in [6, 6.07) is 22.4. The average molecular weight is 455 g/mol. The fourth-order valence-electron chi connectivity index (χ4n) is 3.86. The van der Waals surface area contributed by atoms with E-state index in [2.05, 4.69) is 26.3 Å². The molecule has 0 spiro atoms. The van der Waals surface area contributed by atoms with E-state index in [1.807, 2.05) is 54.9 Å². The highest BCUT2D eigenvalue weighted by atomic mass is 32.2. The zero-order valence-electron chi connectivity index (χ0n) is 17.8. The van der Waals surface area contributed by atoms with Gasteiger partial charge in [-0.1, -0.05) is 42.5 Å². The van der Waals surface area contributed by atoms with Gasteiger partial charge in [0.15, 0.2) is 0 Å². The van der Waals surface area contributed by atoms with Crippen molar-refractivity contribution in [3.8, 4) is 0 Å². The van der Waals surface area contributed by atoms with Crippen LogP contribution in [0.2, 0.25) is 0 Å². The van der Waals surface area contributed by atoms with Gasteiger partial charge < -0.3 is 15.2 Å². The van der Waals surface area contributed by atoms with Gasteiger partial charge in [0.2, 0.25) is 0 Å². The van der Waals surface area contributed by atoms with E-state index in [0.717, 1.165) is 28.3 Å². The number of carbonyl (C=O) groups is 2. The van der Waals surface area contributed by atoms with Crippen LogP contribution in [-0.2, 0) is 12.3 Å². The number of hydrogen-bond donors (Lipinski definition) is 2. The molecule has 2 aromatic carbocycles. The minimum Gasteiger partial charge on any atom is -0.348 e. The van der Waals surface area contributed by atoms with Crippen LogP contribution in [0.4, 0.5) is 5.69 Å². The van der Waals surface area contributed by atoms with E-state index in [-0.39, 0.29) is 17.2 Å². The molecule has 0 aliphatic carbocycles.